The Morgan fingerprint density at radius 2 is 2.08 bits per heavy atom. The van der Waals surface area contributed by atoms with Gasteiger partial charge in [0.2, 0.25) is 0 Å². The summed E-state index contributed by atoms with van der Waals surface area (Å²) in [5.41, 5.74) is 1.91. The smallest absolute Gasteiger partial charge is 0.279 e. The first-order valence-electron chi connectivity index (χ1n) is 8.08. The lowest BCUT2D eigenvalue weighted by Crippen LogP contribution is -2.19. The van der Waals surface area contributed by atoms with Crippen LogP contribution in [0.25, 0.3) is 10.2 Å². The maximum atomic E-state index is 12.5. The Balaban J connectivity index is 2.03. The number of rotatable bonds is 5. The van der Waals surface area contributed by atoms with Crippen molar-refractivity contribution in [3.8, 4) is 6.07 Å². The predicted molar refractivity (Wildman–Crippen MR) is 102 cm³/mol. The molecule has 0 bridgehead atoms. The molecule has 0 spiro atoms. The second kappa shape index (κ2) is 8.28. The van der Waals surface area contributed by atoms with Crippen LogP contribution < -0.4 is 4.80 Å². The number of ether oxygens (including phenoxy) is 1. The van der Waals surface area contributed by atoms with Crippen molar-refractivity contribution in [3.05, 3.63) is 63.4 Å². The van der Waals surface area contributed by atoms with Crippen LogP contribution >= 0.6 is 22.9 Å². The van der Waals surface area contributed by atoms with E-state index in [0.717, 1.165) is 10.2 Å². The van der Waals surface area contributed by atoms with Crippen LogP contribution in [0.1, 0.15) is 22.8 Å². The number of benzene rings is 2. The number of carbonyl (C=O) groups is 1. The average molecular weight is 386 g/mol. The Morgan fingerprint density at radius 1 is 1.31 bits per heavy atom. The number of carbonyl (C=O) groups excluding carboxylic acids is 1. The fourth-order valence-electron chi connectivity index (χ4n) is 2.49. The van der Waals surface area contributed by atoms with Crippen molar-refractivity contribution >= 4 is 39.1 Å². The SMILES string of the molecule is CCOCCn1c(=NC(=O)c2ccc(C#N)cc2)sc2cc(Cl)ccc21. The number of amides is 1. The first-order valence-corrected chi connectivity index (χ1v) is 9.27. The summed E-state index contributed by atoms with van der Waals surface area (Å²) in [6.07, 6.45) is 0. The Bertz CT molecular complexity index is 1050. The molecule has 0 aliphatic heterocycles. The highest BCUT2D eigenvalue weighted by Crippen LogP contribution is 2.22. The molecule has 132 valence electrons. The van der Waals surface area contributed by atoms with Gasteiger partial charge in [-0.25, -0.2) is 0 Å². The van der Waals surface area contributed by atoms with Gasteiger partial charge in [0.1, 0.15) is 0 Å². The zero-order valence-corrected chi connectivity index (χ0v) is 15.7. The molecule has 26 heavy (non-hydrogen) atoms. The maximum absolute atomic E-state index is 12.5. The lowest BCUT2D eigenvalue weighted by molar-refractivity contribution is 0.0996. The monoisotopic (exact) mass is 385 g/mol. The van der Waals surface area contributed by atoms with Crippen LogP contribution in [0.4, 0.5) is 0 Å². The molecule has 1 aromatic heterocycles. The topological polar surface area (TPSA) is 67.4 Å². The van der Waals surface area contributed by atoms with Crippen LogP contribution in [0.3, 0.4) is 0 Å². The summed E-state index contributed by atoms with van der Waals surface area (Å²) in [4.78, 5) is 17.4. The third kappa shape index (κ3) is 4.02. The van der Waals surface area contributed by atoms with Crippen molar-refractivity contribution in [1.82, 2.24) is 4.57 Å². The molecule has 0 aliphatic carbocycles. The standard InChI is InChI=1S/C19H16ClN3O2S/c1-2-25-10-9-23-16-8-7-15(20)11-17(16)26-19(23)22-18(24)14-5-3-13(12-21)4-6-14/h3-8,11H,2,9-10H2,1H3. The molecular formula is C19H16ClN3O2S. The molecule has 0 atom stereocenters. The maximum Gasteiger partial charge on any atom is 0.279 e. The van der Waals surface area contributed by atoms with Crippen LogP contribution in [0.5, 0.6) is 0 Å². The summed E-state index contributed by atoms with van der Waals surface area (Å²) in [5.74, 6) is -0.350. The molecule has 5 nitrogen and oxygen atoms in total. The zero-order chi connectivity index (χ0) is 18.5. The van der Waals surface area contributed by atoms with Gasteiger partial charge in [-0.15, -0.1) is 0 Å². The number of fused-ring (bicyclic) bond motifs is 1. The van der Waals surface area contributed by atoms with E-state index in [4.69, 9.17) is 21.6 Å². The van der Waals surface area contributed by atoms with E-state index in [1.807, 2.05) is 35.8 Å². The van der Waals surface area contributed by atoms with E-state index >= 15 is 0 Å². The lowest BCUT2D eigenvalue weighted by atomic mass is 10.1. The van der Waals surface area contributed by atoms with Gasteiger partial charge in [0.25, 0.3) is 5.91 Å². The molecule has 0 aliphatic rings. The number of nitriles is 1. The molecule has 0 radical (unpaired) electrons. The van der Waals surface area contributed by atoms with E-state index in [2.05, 4.69) is 4.99 Å². The molecule has 0 saturated heterocycles. The summed E-state index contributed by atoms with van der Waals surface area (Å²) in [7, 11) is 0. The van der Waals surface area contributed by atoms with E-state index in [1.54, 1.807) is 24.3 Å². The molecule has 0 N–H and O–H groups in total. The minimum absolute atomic E-state index is 0.350. The molecule has 0 fully saturated rings. The van der Waals surface area contributed by atoms with E-state index in [0.29, 0.717) is 40.7 Å². The third-order valence-electron chi connectivity index (χ3n) is 3.77. The quantitative estimate of drug-likeness (QED) is 0.623. The first kappa shape index (κ1) is 18.3. The highest BCUT2D eigenvalue weighted by atomic mass is 35.5. The average Bonchev–Trinajstić information content (AvgIpc) is 2.98. The molecule has 0 unspecified atom stereocenters. The molecular weight excluding hydrogens is 370 g/mol. The van der Waals surface area contributed by atoms with E-state index in [9.17, 15) is 4.79 Å². The summed E-state index contributed by atoms with van der Waals surface area (Å²) in [6.45, 7) is 3.69. The van der Waals surface area contributed by atoms with Crippen LogP contribution in [-0.4, -0.2) is 23.7 Å². The van der Waals surface area contributed by atoms with Gasteiger partial charge in [0.05, 0.1) is 28.5 Å². The molecule has 3 aromatic rings. The number of aromatic nitrogens is 1. The van der Waals surface area contributed by atoms with Gasteiger partial charge in [0.15, 0.2) is 4.80 Å². The van der Waals surface area contributed by atoms with Crippen LogP contribution in [-0.2, 0) is 11.3 Å². The zero-order valence-electron chi connectivity index (χ0n) is 14.1. The lowest BCUT2D eigenvalue weighted by Gasteiger charge is -2.05. The van der Waals surface area contributed by atoms with Gasteiger partial charge >= 0.3 is 0 Å². The molecule has 1 heterocycles. The van der Waals surface area contributed by atoms with Crippen molar-refractivity contribution in [2.45, 2.75) is 13.5 Å². The van der Waals surface area contributed by atoms with Crippen molar-refractivity contribution in [3.63, 3.8) is 0 Å². The number of nitrogens with zero attached hydrogens (tertiary/aromatic N) is 3. The summed E-state index contributed by atoms with van der Waals surface area (Å²) < 4.78 is 8.37. The fourth-order valence-corrected chi connectivity index (χ4v) is 3.82. The second-order valence-electron chi connectivity index (χ2n) is 5.45. The van der Waals surface area contributed by atoms with Gasteiger partial charge in [-0.2, -0.15) is 10.3 Å². The minimum Gasteiger partial charge on any atom is -0.380 e. The number of thiazole rings is 1. The number of hydrogen-bond donors (Lipinski definition) is 0. The highest BCUT2D eigenvalue weighted by Gasteiger charge is 2.10. The Kier molecular flexibility index (Phi) is 5.84. The van der Waals surface area contributed by atoms with Crippen molar-refractivity contribution < 1.29 is 9.53 Å². The van der Waals surface area contributed by atoms with Gasteiger partial charge in [-0.3, -0.25) is 4.79 Å². The van der Waals surface area contributed by atoms with Gasteiger partial charge in [0, 0.05) is 23.7 Å². The van der Waals surface area contributed by atoms with Crippen molar-refractivity contribution in [2.75, 3.05) is 13.2 Å². The Hall–Kier alpha value is -2.46. The van der Waals surface area contributed by atoms with Gasteiger partial charge in [-0.05, 0) is 49.4 Å². The summed E-state index contributed by atoms with van der Waals surface area (Å²) in [5, 5.41) is 9.50. The molecule has 3 rings (SSSR count). The molecule has 0 saturated carbocycles. The Morgan fingerprint density at radius 3 is 2.77 bits per heavy atom. The number of halogens is 1. The Labute approximate surface area is 159 Å². The largest absolute Gasteiger partial charge is 0.380 e. The fraction of sp³-hybridized carbons (Fsp3) is 0.211. The van der Waals surface area contributed by atoms with Gasteiger partial charge in [-0.1, -0.05) is 22.9 Å². The molecule has 7 heteroatoms. The third-order valence-corrected chi connectivity index (χ3v) is 5.04. The predicted octanol–water partition coefficient (Wildman–Crippen LogP) is 4.01. The van der Waals surface area contributed by atoms with Crippen molar-refractivity contribution in [2.24, 2.45) is 4.99 Å². The summed E-state index contributed by atoms with van der Waals surface area (Å²) in [6, 6.07) is 14.1. The van der Waals surface area contributed by atoms with Crippen molar-refractivity contribution in [1.29, 1.82) is 5.26 Å². The van der Waals surface area contributed by atoms with Crippen LogP contribution in [0, 0.1) is 11.3 Å². The van der Waals surface area contributed by atoms with Crippen LogP contribution in [0.15, 0.2) is 47.5 Å². The normalized spacial score (nSPS) is 11.7. The van der Waals surface area contributed by atoms with Gasteiger partial charge < -0.3 is 9.30 Å². The second-order valence-corrected chi connectivity index (χ2v) is 6.90. The van der Waals surface area contributed by atoms with E-state index in [1.165, 1.54) is 11.3 Å². The molecule has 1 amide bonds. The molecule has 2 aromatic carbocycles. The van der Waals surface area contributed by atoms with E-state index in [-0.39, 0.29) is 5.91 Å². The van der Waals surface area contributed by atoms with Crippen LogP contribution in [0.2, 0.25) is 5.02 Å². The van der Waals surface area contributed by atoms with E-state index < -0.39 is 0 Å². The summed E-state index contributed by atoms with van der Waals surface area (Å²) >= 11 is 7.50. The minimum atomic E-state index is -0.350. The first-order chi connectivity index (χ1) is 12.6. The number of hydrogen-bond acceptors (Lipinski definition) is 4. The highest BCUT2D eigenvalue weighted by molar-refractivity contribution is 7.16.